The van der Waals surface area contributed by atoms with E-state index in [1.807, 2.05) is 37.3 Å². The fourth-order valence-corrected chi connectivity index (χ4v) is 2.55. The van der Waals surface area contributed by atoms with Gasteiger partial charge in [0.05, 0.1) is 11.6 Å². The zero-order valence-corrected chi connectivity index (χ0v) is 13.8. The molecule has 2 rings (SSSR count). The largest absolute Gasteiger partial charge is 0.490 e. The Bertz CT molecular complexity index is 628. The lowest BCUT2D eigenvalue weighted by Crippen LogP contribution is -2.05. The van der Waals surface area contributed by atoms with Gasteiger partial charge < -0.3 is 15.2 Å². The molecule has 0 amide bonds. The van der Waals surface area contributed by atoms with Crippen LogP contribution in [0.5, 0.6) is 11.5 Å². The molecule has 0 fully saturated rings. The van der Waals surface area contributed by atoms with E-state index in [1.54, 1.807) is 0 Å². The second-order valence-electron chi connectivity index (χ2n) is 5.09. The number of ether oxygens (including phenoxy) is 2. The molecule has 0 aliphatic heterocycles. The quantitative estimate of drug-likeness (QED) is 0.834. The van der Waals surface area contributed by atoms with Crippen molar-refractivity contribution in [2.45, 2.75) is 26.9 Å². The smallest absolute Gasteiger partial charge is 0.180 e. The molecule has 0 heterocycles. The fourth-order valence-electron chi connectivity index (χ4n) is 2.26. The van der Waals surface area contributed by atoms with Crippen molar-refractivity contribution in [1.82, 2.24) is 0 Å². The number of hydrogen-bond acceptors (Lipinski definition) is 3. The molecule has 0 spiro atoms. The van der Waals surface area contributed by atoms with Crippen LogP contribution in [0.1, 0.15) is 23.6 Å². The number of hydrogen-bond donors (Lipinski definition) is 1. The first-order chi connectivity index (χ1) is 10.7. The SMILES string of the molecule is CCOc1cc(CCN)cc(Cl)c1OCc1ccccc1C. The van der Waals surface area contributed by atoms with Gasteiger partial charge >= 0.3 is 0 Å². The molecule has 118 valence electrons. The van der Waals surface area contributed by atoms with E-state index in [2.05, 4.69) is 13.0 Å². The van der Waals surface area contributed by atoms with E-state index in [0.29, 0.717) is 36.3 Å². The van der Waals surface area contributed by atoms with Gasteiger partial charge in [0.1, 0.15) is 6.61 Å². The monoisotopic (exact) mass is 319 g/mol. The Morgan fingerprint density at radius 1 is 1.14 bits per heavy atom. The number of aryl methyl sites for hydroxylation is 1. The molecule has 0 radical (unpaired) electrons. The molecule has 2 N–H and O–H groups in total. The molecular formula is C18H22ClNO2. The number of benzene rings is 2. The van der Waals surface area contributed by atoms with E-state index in [-0.39, 0.29) is 0 Å². The molecule has 2 aromatic carbocycles. The second-order valence-corrected chi connectivity index (χ2v) is 5.50. The lowest BCUT2D eigenvalue weighted by molar-refractivity contribution is 0.269. The summed E-state index contributed by atoms with van der Waals surface area (Å²) in [6.07, 6.45) is 0.762. The maximum atomic E-state index is 6.37. The van der Waals surface area contributed by atoms with Crippen LogP contribution >= 0.6 is 11.6 Å². The third-order valence-electron chi connectivity index (χ3n) is 3.44. The number of nitrogens with two attached hydrogens (primary N) is 1. The van der Waals surface area contributed by atoms with Crippen molar-refractivity contribution in [2.75, 3.05) is 13.2 Å². The summed E-state index contributed by atoms with van der Waals surface area (Å²) in [5.41, 5.74) is 8.99. The molecule has 0 aromatic heterocycles. The summed E-state index contributed by atoms with van der Waals surface area (Å²) in [5.74, 6) is 1.26. The van der Waals surface area contributed by atoms with Gasteiger partial charge in [-0.05, 0) is 55.6 Å². The van der Waals surface area contributed by atoms with Crippen LogP contribution in [0.15, 0.2) is 36.4 Å². The fraction of sp³-hybridized carbons (Fsp3) is 0.333. The molecule has 0 saturated heterocycles. The van der Waals surface area contributed by atoms with E-state index in [1.165, 1.54) is 5.56 Å². The van der Waals surface area contributed by atoms with Gasteiger partial charge in [-0.15, -0.1) is 0 Å². The van der Waals surface area contributed by atoms with Crippen LogP contribution in [0, 0.1) is 6.92 Å². The van der Waals surface area contributed by atoms with E-state index in [0.717, 1.165) is 17.5 Å². The van der Waals surface area contributed by atoms with Crippen molar-refractivity contribution in [1.29, 1.82) is 0 Å². The number of rotatable bonds is 7. The van der Waals surface area contributed by atoms with Gasteiger partial charge in [0.25, 0.3) is 0 Å². The van der Waals surface area contributed by atoms with Crippen LogP contribution in [0.2, 0.25) is 5.02 Å². The van der Waals surface area contributed by atoms with Gasteiger partial charge in [-0.3, -0.25) is 0 Å². The molecule has 3 nitrogen and oxygen atoms in total. The summed E-state index contributed by atoms with van der Waals surface area (Å²) in [6.45, 7) is 5.60. The Morgan fingerprint density at radius 3 is 2.59 bits per heavy atom. The highest BCUT2D eigenvalue weighted by atomic mass is 35.5. The van der Waals surface area contributed by atoms with Gasteiger partial charge in [-0.1, -0.05) is 35.9 Å². The average Bonchev–Trinajstić information content (AvgIpc) is 2.49. The van der Waals surface area contributed by atoms with Gasteiger partial charge in [-0.2, -0.15) is 0 Å². The summed E-state index contributed by atoms with van der Waals surface area (Å²) in [4.78, 5) is 0. The van der Waals surface area contributed by atoms with Gasteiger partial charge in [0.2, 0.25) is 0 Å². The maximum Gasteiger partial charge on any atom is 0.180 e. The van der Waals surface area contributed by atoms with Gasteiger partial charge in [-0.25, -0.2) is 0 Å². The van der Waals surface area contributed by atoms with Crippen LogP contribution in [0.25, 0.3) is 0 Å². The lowest BCUT2D eigenvalue weighted by Gasteiger charge is -2.16. The zero-order chi connectivity index (χ0) is 15.9. The minimum Gasteiger partial charge on any atom is -0.490 e. The summed E-state index contributed by atoms with van der Waals surface area (Å²) < 4.78 is 11.6. The van der Waals surface area contributed by atoms with Crippen LogP contribution in [-0.2, 0) is 13.0 Å². The lowest BCUT2D eigenvalue weighted by atomic mass is 10.1. The Hall–Kier alpha value is -1.71. The van der Waals surface area contributed by atoms with Crippen molar-refractivity contribution >= 4 is 11.6 Å². The van der Waals surface area contributed by atoms with E-state index in [4.69, 9.17) is 26.8 Å². The van der Waals surface area contributed by atoms with Crippen LogP contribution < -0.4 is 15.2 Å². The molecule has 0 unspecified atom stereocenters. The number of halogens is 1. The Balaban J connectivity index is 2.23. The maximum absolute atomic E-state index is 6.37. The third-order valence-corrected chi connectivity index (χ3v) is 3.72. The molecule has 0 aliphatic rings. The van der Waals surface area contributed by atoms with Crippen LogP contribution in [0.3, 0.4) is 0 Å². The molecule has 0 saturated carbocycles. The average molecular weight is 320 g/mol. The van der Waals surface area contributed by atoms with Crippen molar-refractivity contribution in [3.63, 3.8) is 0 Å². The highest BCUT2D eigenvalue weighted by Crippen LogP contribution is 2.37. The summed E-state index contributed by atoms with van der Waals surface area (Å²) in [7, 11) is 0. The molecule has 22 heavy (non-hydrogen) atoms. The zero-order valence-electron chi connectivity index (χ0n) is 13.1. The van der Waals surface area contributed by atoms with E-state index < -0.39 is 0 Å². The highest BCUT2D eigenvalue weighted by Gasteiger charge is 2.13. The first kappa shape index (κ1) is 16.7. The van der Waals surface area contributed by atoms with Gasteiger partial charge in [0.15, 0.2) is 11.5 Å². The van der Waals surface area contributed by atoms with Crippen molar-refractivity contribution in [3.8, 4) is 11.5 Å². The van der Waals surface area contributed by atoms with Crippen molar-refractivity contribution < 1.29 is 9.47 Å². The molecule has 0 aliphatic carbocycles. The first-order valence-electron chi connectivity index (χ1n) is 7.48. The predicted octanol–water partition coefficient (Wildman–Crippen LogP) is 4.13. The van der Waals surface area contributed by atoms with E-state index >= 15 is 0 Å². The Morgan fingerprint density at radius 2 is 1.91 bits per heavy atom. The van der Waals surface area contributed by atoms with Crippen LogP contribution in [-0.4, -0.2) is 13.2 Å². The van der Waals surface area contributed by atoms with Crippen molar-refractivity contribution in [2.24, 2.45) is 5.73 Å². The van der Waals surface area contributed by atoms with Crippen molar-refractivity contribution in [3.05, 3.63) is 58.1 Å². The second kappa shape index (κ2) is 8.06. The Labute approximate surface area is 137 Å². The van der Waals surface area contributed by atoms with E-state index in [9.17, 15) is 0 Å². The topological polar surface area (TPSA) is 44.5 Å². The highest BCUT2D eigenvalue weighted by molar-refractivity contribution is 6.32. The summed E-state index contributed by atoms with van der Waals surface area (Å²) in [6, 6.07) is 12.0. The summed E-state index contributed by atoms with van der Waals surface area (Å²) in [5, 5.41) is 0.558. The molecular weight excluding hydrogens is 298 g/mol. The van der Waals surface area contributed by atoms with Crippen LogP contribution in [0.4, 0.5) is 0 Å². The normalized spacial score (nSPS) is 10.5. The minimum absolute atomic E-state index is 0.461. The predicted molar refractivity (Wildman–Crippen MR) is 90.9 cm³/mol. The summed E-state index contributed by atoms with van der Waals surface area (Å²) >= 11 is 6.37. The van der Waals surface area contributed by atoms with Gasteiger partial charge in [0, 0.05) is 0 Å². The molecule has 0 atom stereocenters. The molecule has 2 aromatic rings. The Kier molecular flexibility index (Phi) is 6.10. The standard InChI is InChI=1S/C18H22ClNO2/c1-3-21-17-11-14(8-9-20)10-16(19)18(17)22-12-15-7-5-4-6-13(15)2/h4-7,10-11H,3,8-9,12,20H2,1-2H3. The minimum atomic E-state index is 0.461. The molecule has 4 heteroatoms. The third kappa shape index (κ3) is 4.15. The molecule has 0 bridgehead atoms. The first-order valence-corrected chi connectivity index (χ1v) is 7.86.